The second-order valence-electron chi connectivity index (χ2n) is 8.40. The average Bonchev–Trinajstić information content (AvgIpc) is 3.07. The molecule has 0 saturated heterocycles. The number of ether oxygens (including phenoxy) is 1. The van der Waals surface area contributed by atoms with E-state index in [9.17, 15) is 9.50 Å². The van der Waals surface area contributed by atoms with Gasteiger partial charge in [-0.05, 0) is 61.4 Å². The fourth-order valence-corrected chi connectivity index (χ4v) is 4.68. The van der Waals surface area contributed by atoms with E-state index in [0.717, 1.165) is 18.4 Å². The highest BCUT2D eigenvalue weighted by atomic mass is 19.1. The van der Waals surface area contributed by atoms with E-state index >= 15 is 0 Å². The monoisotopic (exact) mass is 396 g/mol. The predicted octanol–water partition coefficient (Wildman–Crippen LogP) is 4.35. The number of nitrogens with zero attached hydrogens (tertiary/aromatic N) is 2. The molecule has 3 unspecified atom stereocenters. The van der Waals surface area contributed by atoms with Crippen molar-refractivity contribution in [1.29, 1.82) is 0 Å². The highest BCUT2D eigenvalue weighted by molar-refractivity contribution is 5.78. The predicted molar refractivity (Wildman–Crippen MR) is 113 cm³/mol. The Hall–Kier alpha value is -2.24. The minimum atomic E-state index is -1.66. The van der Waals surface area contributed by atoms with E-state index in [1.54, 1.807) is 0 Å². The molecule has 4 rings (SSSR count). The lowest BCUT2D eigenvalue weighted by molar-refractivity contribution is 0.0192. The Balaban J connectivity index is 1.77. The molecule has 0 amide bonds. The second-order valence-corrected chi connectivity index (χ2v) is 8.40. The molecule has 154 valence electrons. The summed E-state index contributed by atoms with van der Waals surface area (Å²) in [7, 11) is 0. The number of hydrogen-bond acceptors (Lipinski definition) is 4. The zero-order valence-electron chi connectivity index (χ0n) is 17.4. The smallest absolute Gasteiger partial charge is 0.213 e. The quantitative estimate of drug-likeness (QED) is 0.789. The number of benzene rings is 1. The first kappa shape index (κ1) is 20.0. The van der Waals surface area contributed by atoms with Gasteiger partial charge in [-0.3, -0.25) is 4.90 Å². The van der Waals surface area contributed by atoms with Gasteiger partial charge >= 0.3 is 0 Å². The van der Waals surface area contributed by atoms with Crippen LogP contribution in [0.2, 0.25) is 0 Å². The van der Waals surface area contributed by atoms with Crippen molar-refractivity contribution in [3.05, 3.63) is 64.9 Å². The topological polar surface area (TPSA) is 45.6 Å². The van der Waals surface area contributed by atoms with Crippen LogP contribution in [0.5, 0.6) is 5.88 Å². The molecule has 2 heterocycles. The number of hydrogen-bond donors (Lipinski definition) is 1. The number of alkyl halides is 1. The highest BCUT2D eigenvalue weighted by Crippen LogP contribution is 2.49. The lowest BCUT2D eigenvalue weighted by atomic mass is 9.85. The van der Waals surface area contributed by atoms with Gasteiger partial charge in [0.2, 0.25) is 5.88 Å². The van der Waals surface area contributed by atoms with Crippen LogP contribution in [0.1, 0.15) is 49.9 Å². The summed E-state index contributed by atoms with van der Waals surface area (Å²) in [6.07, 6.45) is 3.60. The van der Waals surface area contributed by atoms with Crippen molar-refractivity contribution >= 4 is 5.57 Å². The molecule has 29 heavy (non-hydrogen) atoms. The molecule has 2 aliphatic rings. The van der Waals surface area contributed by atoms with Crippen molar-refractivity contribution in [2.75, 3.05) is 19.8 Å². The van der Waals surface area contributed by atoms with Crippen molar-refractivity contribution in [3.8, 4) is 5.88 Å². The molecule has 5 heteroatoms. The Labute approximate surface area is 172 Å². The van der Waals surface area contributed by atoms with E-state index in [2.05, 4.69) is 41.1 Å². The lowest BCUT2D eigenvalue weighted by Crippen LogP contribution is -2.48. The maximum Gasteiger partial charge on any atom is 0.213 e. The summed E-state index contributed by atoms with van der Waals surface area (Å²) in [4.78, 5) is 6.66. The zero-order valence-corrected chi connectivity index (χ0v) is 17.4. The van der Waals surface area contributed by atoms with Gasteiger partial charge in [0.25, 0.3) is 0 Å². The SMILES string of the molecule is CCOc1ccc(C2C3=C(CC(C)N2CC(C)(F)CO)c2ccccc2C3)cn1. The van der Waals surface area contributed by atoms with Gasteiger partial charge in [-0.15, -0.1) is 0 Å². The van der Waals surface area contributed by atoms with E-state index in [1.165, 1.54) is 29.2 Å². The number of aromatic nitrogens is 1. The van der Waals surface area contributed by atoms with Crippen molar-refractivity contribution in [2.45, 2.75) is 51.4 Å². The number of pyridine rings is 1. The van der Waals surface area contributed by atoms with Gasteiger partial charge in [-0.2, -0.15) is 0 Å². The molecule has 1 aliphatic carbocycles. The molecular weight excluding hydrogens is 367 g/mol. The van der Waals surface area contributed by atoms with Crippen LogP contribution in [0, 0.1) is 0 Å². The summed E-state index contributed by atoms with van der Waals surface area (Å²) in [6.45, 7) is 5.81. The van der Waals surface area contributed by atoms with E-state index < -0.39 is 12.3 Å². The minimum absolute atomic E-state index is 0.0639. The van der Waals surface area contributed by atoms with Gasteiger partial charge in [0, 0.05) is 24.8 Å². The molecule has 1 aliphatic heterocycles. The van der Waals surface area contributed by atoms with Gasteiger partial charge in [-0.1, -0.05) is 30.3 Å². The average molecular weight is 397 g/mol. The van der Waals surface area contributed by atoms with E-state index in [1.807, 2.05) is 25.3 Å². The number of aliphatic hydroxyl groups is 1. The highest BCUT2D eigenvalue weighted by Gasteiger charge is 2.41. The van der Waals surface area contributed by atoms with Crippen LogP contribution >= 0.6 is 0 Å². The molecule has 0 fully saturated rings. The van der Waals surface area contributed by atoms with Crippen LogP contribution in [0.25, 0.3) is 5.57 Å². The van der Waals surface area contributed by atoms with E-state index in [0.29, 0.717) is 12.5 Å². The Morgan fingerprint density at radius 3 is 2.76 bits per heavy atom. The maximum absolute atomic E-state index is 14.9. The molecule has 1 aromatic heterocycles. The summed E-state index contributed by atoms with van der Waals surface area (Å²) >= 11 is 0. The fourth-order valence-electron chi connectivity index (χ4n) is 4.68. The molecule has 3 atom stereocenters. The van der Waals surface area contributed by atoms with Crippen molar-refractivity contribution < 1.29 is 14.2 Å². The first-order valence-electron chi connectivity index (χ1n) is 10.4. The van der Waals surface area contributed by atoms with E-state index in [4.69, 9.17) is 4.74 Å². The molecule has 2 aromatic rings. The number of rotatable bonds is 6. The molecule has 0 saturated carbocycles. The number of aliphatic hydroxyl groups excluding tert-OH is 1. The largest absolute Gasteiger partial charge is 0.478 e. The Bertz CT molecular complexity index is 907. The van der Waals surface area contributed by atoms with Gasteiger partial charge < -0.3 is 9.84 Å². The third kappa shape index (κ3) is 3.81. The van der Waals surface area contributed by atoms with Crippen LogP contribution in [-0.2, 0) is 6.42 Å². The van der Waals surface area contributed by atoms with Crippen LogP contribution < -0.4 is 4.74 Å². The second kappa shape index (κ2) is 7.88. The van der Waals surface area contributed by atoms with Crippen molar-refractivity contribution in [2.24, 2.45) is 0 Å². The van der Waals surface area contributed by atoms with Crippen LogP contribution in [0.4, 0.5) is 4.39 Å². The van der Waals surface area contributed by atoms with Gasteiger partial charge in [0.05, 0.1) is 19.3 Å². The van der Waals surface area contributed by atoms with Gasteiger partial charge in [0.1, 0.15) is 5.67 Å². The molecule has 4 nitrogen and oxygen atoms in total. The van der Waals surface area contributed by atoms with Crippen LogP contribution in [0.3, 0.4) is 0 Å². The zero-order chi connectivity index (χ0) is 20.6. The summed E-state index contributed by atoms with van der Waals surface area (Å²) in [5, 5.41) is 9.55. The minimum Gasteiger partial charge on any atom is -0.478 e. The normalized spacial score (nSPS) is 23.5. The summed E-state index contributed by atoms with van der Waals surface area (Å²) in [5.74, 6) is 0.598. The van der Waals surface area contributed by atoms with Gasteiger partial charge in [-0.25, -0.2) is 9.37 Å². The summed E-state index contributed by atoms with van der Waals surface area (Å²) in [5.41, 5.74) is 4.74. The Morgan fingerprint density at radius 1 is 1.28 bits per heavy atom. The van der Waals surface area contributed by atoms with Crippen molar-refractivity contribution in [3.63, 3.8) is 0 Å². The fraction of sp³-hybridized carbons (Fsp3) is 0.458. The lowest BCUT2D eigenvalue weighted by Gasteiger charge is -2.44. The van der Waals surface area contributed by atoms with Gasteiger partial charge in [0.15, 0.2) is 0 Å². The molecule has 0 bridgehead atoms. The van der Waals surface area contributed by atoms with Crippen molar-refractivity contribution in [1.82, 2.24) is 9.88 Å². The van der Waals surface area contributed by atoms with E-state index in [-0.39, 0.29) is 18.6 Å². The third-order valence-electron chi connectivity index (χ3n) is 6.05. The molecule has 1 aromatic carbocycles. The Kier molecular flexibility index (Phi) is 5.45. The molecule has 0 spiro atoms. The Morgan fingerprint density at radius 2 is 2.07 bits per heavy atom. The first-order chi connectivity index (χ1) is 13.9. The third-order valence-corrected chi connectivity index (χ3v) is 6.05. The number of fused-ring (bicyclic) bond motifs is 2. The summed E-state index contributed by atoms with van der Waals surface area (Å²) in [6, 6.07) is 12.6. The first-order valence-corrected chi connectivity index (χ1v) is 10.4. The number of halogens is 1. The molecule has 1 N–H and O–H groups in total. The summed E-state index contributed by atoms with van der Waals surface area (Å²) < 4.78 is 20.4. The van der Waals surface area contributed by atoms with Crippen LogP contribution in [0.15, 0.2) is 48.2 Å². The molecular formula is C24H29FN2O2. The standard InChI is InChI=1S/C24H29FN2O2/c1-4-29-22-10-9-18(13-26-22)23-21-12-17-7-5-6-8-19(17)20(21)11-16(2)27(23)14-24(3,25)15-28/h5-10,13,16,23,28H,4,11-12,14-15H2,1-3H3. The molecule has 0 radical (unpaired) electrons. The van der Waals surface area contributed by atoms with Crippen LogP contribution in [-0.4, -0.2) is 46.5 Å². The maximum atomic E-state index is 14.9.